The van der Waals surface area contributed by atoms with E-state index in [-0.39, 0.29) is 17.1 Å². The van der Waals surface area contributed by atoms with E-state index in [4.69, 9.17) is 11.6 Å². The SMILES string of the molecule is CCNC(=O)[C@@H](C)N(Cc1ccc(F)cc1)C(=O)CN(c1cc(Cl)ccc1C)S(=O)(=O)c1ccccc1. The van der Waals surface area contributed by atoms with Crippen LogP contribution >= 0.6 is 11.6 Å². The van der Waals surface area contributed by atoms with Gasteiger partial charge < -0.3 is 10.2 Å². The van der Waals surface area contributed by atoms with Crippen LogP contribution in [0.3, 0.4) is 0 Å². The highest BCUT2D eigenvalue weighted by Gasteiger charge is 2.33. The summed E-state index contributed by atoms with van der Waals surface area (Å²) in [6, 6.07) is 17.2. The van der Waals surface area contributed by atoms with Crippen molar-refractivity contribution in [3.63, 3.8) is 0 Å². The van der Waals surface area contributed by atoms with Gasteiger partial charge in [-0.05, 0) is 68.3 Å². The monoisotopic (exact) mass is 545 g/mol. The van der Waals surface area contributed by atoms with Gasteiger partial charge in [-0.2, -0.15) is 0 Å². The minimum Gasteiger partial charge on any atom is -0.355 e. The second-order valence-corrected chi connectivity index (χ2v) is 10.8. The largest absolute Gasteiger partial charge is 0.355 e. The molecule has 0 aliphatic rings. The van der Waals surface area contributed by atoms with E-state index in [9.17, 15) is 22.4 Å². The quantitative estimate of drug-likeness (QED) is 0.405. The van der Waals surface area contributed by atoms with Crippen molar-refractivity contribution in [2.45, 2.75) is 38.3 Å². The molecule has 0 fully saturated rings. The lowest BCUT2D eigenvalue weighted by Crippen LogP contribution is -2.51. The standard InChI is InChI=1S/C27H29ClFN3O4S/c1-4-30-27(34)20(3)31(17-21-11-14-23(29)15-12-21)26(33)18-32(25-16-22(28)13-10-19(25)2)37(35,36)24-8-6-5-7-9-24/h5-16,20H,4,17-18H2,1-3H3,(H,30,34)/t20-/m1/s1. The molecule has 0 unspecified atom stereocenters. The van der Waals surface area contributed by atoms with Crippen molar-refractivity contribution in [1.82, 2.24) is 10.2 Å². The van der Waals surface area contributed by atoms with Crippen LogP contribution < -0.4 is 9.62 Å². The summed E-state index contributed by atoms with van der Waals surface area (Å²) in [6.45, 7) is 4.80. The molecule has 3 aromatic carbocycles. The van der Waals surface area contributed by atoms with E-state index in [2.05, 4.69) is 5.32 Å². The van der Waals surface area contributed by atoms with Crippen LogP contribution in [-0.2, 0) is 26.2 Å². The summed E-state index contributed by atoms with van der Waals surface area (Å²) in [5.41, 5.74) is 1.43. The number of nitrogens with zero attached hydrogens (tertiary/aromatic N) is 2. The number of likely N-dealkylation sites (N-methyl/N-ethyl adjacent to an activating group) is 1. The number of aryl methyl sites for hydroxylation is 1. The number of amides is 2. The molecular weight excluding hydrogens is 517 g/mol. The number of hydrogen-bond donors (Lipinski definition) is 1. The van der Waals surface area contributed by atoms with Crippen molar-refractivity contribution in [3.8, 4) is 0 Å². The van der Waals surface area contributed by atoms with Crippen LogP contribution in [0.2, 0.25) is 5.02 Å². The van der Waals surface area contributed by atoms with Gasteiger partial charge in [-0.1, -0.05) is 48.0 Å². The number of nitrogens with one attached hydrogen (secondary N) is 1. The summed E-state index contributed by atoms with van der Waals surface area (Å²) < 4.78 is 42.0. The molecule has 3 rings (SSSR count). The fourth-order valence-corrected chi connectivity index (χ4v) is 5.43. The summed E-state index contributed by atoms with van der Waals surface area (Å²) in [7, 11) is -4.18. The smallest absolute Gasteiger partial charge is 0.264 e. The molecule has 1 N–H and O–H groups in total. The molecular formula is C27H29ClFN3O4S. The molecule has 0 bridgehead atoms. The van der Waals surface area contributed by atoms with Crippen molar-refractivity contribution in [1.29, 1.82) is 0 Å². The van der Waals surface area contributed by atoms with Gasteiger partial charge in [0.15, 0.2) is 0 Å². The van der Waals surface area contributed by atoms with Crippen molar-refractivity contribution >= 4 is 39.1 Å². The van der Waals surface area contributed by atoms with E-state index >= 15 is 0 Å². The van der Waals surface area contributed by atoms with Crippen LogP contribution in [0, 0.1) is 12.7 Å². The molecule has 0 aliphatic heterocycles. The summed E-state index contributed by atoms with van der Waals surface area (Å²) in [5, 5.41) is 3.00. The average molecular weight is 546 g/mol. The topological polar surface area (TPSA) is 86.8 Å². The maximum absolute atomic E-state index is 13.8. The maximum atomic E-state index is 13.8. The highest BCUT2D eigenvalue weighted by Crippen LogP contribution is 2.30. The lowest BCUT2D eigenvalue weighted by Gasteiger charge is -2.32. The Morgan fingerprint density at radius 3 is 2.30 bits per heavy atom. The number of sulfonamides is 1. The molecule has 0 spiro atoms. The minimum atomic E-state index is -4.18. The van der Waals surface area contributed by atoms with Crippen LogP contribution in [0.1, 0.15) is 25.0 Å². The second-order valence-electron chi connectivity index (χ2n) is 8.47. The lowest BCUT2D eigenvalue weighted by molar-refractivity contribution is -0.139. The Hall–Kier alpha value is -3.43. The molecule has 0 saturated carbocycles. The van der Waals surface area contributed by atoms with Gasteiger partial charge in [-0.25, -0.2) is 12.8 Å². The Balaban J connectivity index is 2.05. The Morgan fingerprint density at radius 1 is 1.03 bits per heavy atom. The zero-order valence-electron chi connectivity index (χ0n) is 20.8. The average Bonchev–Trinajstić information content (AvgIpc) is 2.88. The number of benzene rings is 3. The molecule has 3 aromatic rings. The molecule has 0 radical (unpaired) electrons. The second kappa shape index (κ2) is 12.2. The Bertz CT molecular complexity index is 1350. The number of carbonyl (C=O) groups is 2. The van der Waals surface area contributed by atoms with Gasteiger partial charge in [0, 0.05) is 18.1 Å². The van der Waals surface area contributed by atoms with Crippen molar-refractivity contribution in [2.24, 2.45) is 0 Å². The third-order valence-electron chi connectivity index (χ3n) is 5.83. The minimum absolute atomic E-state index is 0.00374. The Labute approximate surface area is 221 Å². The highest BCUT2D eigenvalue weighted by atomic mass is 35.5. The highest BCUT2D eigenvalue weighted by molar-refractivity contribution is 7.92. The third kappa shape index (κ3) is 6.87. The molecule has 37 heavy (non-hydrogen) atoms. The maximum Gasteiger partial charge on any atom is 0.264 e. The molecule has 196 valence electrons. The van der Waals surface area contributed by atoms with Gasteiger partial charge >= 0.3 is 0 Å². The first kappa shape index (κ1) is 28.1. The first-order valence-electron chi connectivity index (χ1n) is 11.7. The number of rotatable bonds is 10. The fourth-order valence-electron chi connectivity index (χ4n) is 3.78. The molecule has 2 amide bonds. The predicted octanol–water partition coefficient (Wildman–Crippen LogP) is 4.54. The predicted molar refractivity (Wildman–Crippen MR) is 142 cm³/mol. The van der Waals surface area contributed by atoms with Crippen LogP contribution in [-0.4, -0.2) is 44.3 Å². The zero-order chi connectivity index (χ0) is 27.2. The zero-order valence-corrected chi connectivity index (χ0v) is 22.4. The van der Waals surface area contributed by atoms with Gasteiger partial charge in [0.25, 0.3) is 10.0 Å². The summed E-state index contributed by atoms with van der Waals surface area (Å²) in [5.74, 6) is -1.44. The molecule has 7 nitrogen and oxygen atoms in total. The molecule has 1 atom stereocenters. The van der Waals surface area contributed by atoms with E-state index in [1.807, 2.05) is 0 Å². The van der Waals surface area contributed by atoms with E-state index in [1.54, 1.807) is 51.1 Å². The third-order valence-corrected chi connectivity index (χ3v) is 7.84. The van der Waals surface area contributed by atoms with E-state index in [1.165, 1.54) is 47.4 Å². The van der Waals surface area contributed by atoms with E-state index in [0.717, 1.165) is 4.31 Å². The Morgan fingerprint density at radius 2 is 1.68 bits per heavy atom. The first-order chi connectivity index (χ1) is 17.5. The fraction of sp³-hybridized carbons (Fsp3) is 0.259. The summed E-state index contributed by atoms with van der Waals surface area (Å²) >= 11 is 6.20. The number of carbonyl (C=O) groups excluding carboxylic acids is 2. The van der Waals surface area contributed by atoms with E-state index in [0.29, 0.717) is 22.7 Å². The number of anilines is 1. The normalized spacial score (nSPS) is 12.0. The van der Waals surface area contributed by atoms with Gasteiger partial charge in [0.2, 0.25) is 11.8 Å². The number of halogens is 2. The summed E-state index contributed by atoms with van der Waals surface area (Å²) in [6.07, 6.45) is 0. The van der Waals surface area contributed by atoms with Gasteiger partial charge in [0.05, 0.1) is 10.6 Å². The van der Waals surface area contributed by atoms with Gasteiger partial charge in [-0.15, -0.1) is 0 Å². The Kier molecular flexibility index (Phi) is 9.29. The summed E-state index contributed by atoms with van der Waals surface area (Å²) in [4.78, 5) is 27.7. The number of hydrogen-bond acceptors (Lipinski definition) is 4. The first-order valence-corrected chi connectivity index (χ1v) is 13.5. The van der Waals surface area contributed by atoms with Crippen molar-refractivity contribution in [3.05, 3.63) is 94.8 Å². The van der Waals surface area contributed by atoms with E-state index < -0.39 is 40.2 Å². The van der Waals surface area contributed by atoms with Crippen LogP contribution in [0.5, 0.6) is 0 Å². The van der Waals surface area contributed by atoms with Gasteiger partial charge in [0.1, 0.15) is 18.4 Å². The van der Waals surface area contributed by atoms with Crippen molar-refractivity contribution < 1.29 is 22.4 Å². The lowest BCUT2D eigenvalue weighted by atomic mass is 10.1. The molecule has 0 saturated heterocycles. The van der Waals surface area contributed by atoms with Crippen LogP contribution in [0.25, 0.3) is 0 Å². The molecule has 10 heteroatoms. The molecule has 0 aromatic heterocycles. The van der Waals surface area contributed by atoms with Crippen LogP contribution in [0.15, 0.2) is 77.7 Å². The van der Waals surface area contributed by atoms with Crippen LogP contribution in [0.4, 0.5) is 10.1 Å². The molecule has 0 heterocycles. The molecule has 0 aliphatic carbocycles. The van der Waals surface area contributed by atoms with Crippen molar-refractivity contribution in [2.75, 3.05) is 17.4 Å². The van der Waals surface area contributed by atoms with Gasteiger partial charge in [-0.3, -0.25) is 13.9 Å².